The highest BCUT2D eigenvalue weighted by Gasteiger charge is 2.22. The zero-order chi connectivity index (χ0) is 21.3. The third kappa shape index (κ3) is 3.88. The molecule has 0 radical (unpaired) electrons. The molecule has 0 atom stereocenters. The number of nitrogens with zero attached hydrogens (tertiary/aromatic N) is 1. The number of nitrogens with two attached hydrogens (primary N) is 1. The van der Waals surface area contributed by atoms with Crippen LogP contribution in [0.5, 0.6) is 0 Å². The first-order valence-electron chi connectivity index (χ1n) is 9.47. The van der Waals surface area contributed by atoms with Crippen molar-refractivity contribution >= 4 is 22.8 Å². The Hall–Kier alpha value is -3.15. The molecule has 0 saturated carbocycles. The standard InChI is InChI=1S/C23H25F2N3O/c1-13(2)22-18(8-7-14(3)29)19-11-20(27)16(12-26)10-21(19)28(22)17-6-4-5-15(9-17)23(24)25/h4-6,9-13,23,26,29H,3,7-8,27H2,1-2H3. The monoisotopic (exact) mass is 397 g/mol. The first-order chi connectivity index (χ1) is 13.7. The summed E-state index contributed by atoms with van der Waals surface area (Å²) in [6, 6.07) is 9.96. The maximum Gasteiger partial charge on any atom is 0.263 e. The lowest BCUT2D eigenvalue weighted by Crippen LogP contribution is -2.05. The molecule has 29 heavy (non-hydrogen) atoms. The Balaban J connectivity index is 2.40. The van der Waals surface area contributed by atoms with Gasteiger partial charge in [0.25, 0.3) is 6.43 Å². The van der Waals surface area contributed by atoms with Gasteiger partial charge in [-0.15, -0.1) is 0 Å². The summed E-state index contributed by atoms with van der Waals surface area (Å²) in [5.41, 5.74) is 10.5. The number of rotatable bonds is 7. The van der Waals surface area contributed by atoms with E-state index < -0.39 is 6.43 Å². The molecule has 0 fully saturated rings. The van der Waals surface area contributed by atoms with Crippen molar-refractivity contribution in [2.45, 2.75) is 39.0 Å². The van der Waals surface area contributed by atoms with E-state index in [1.54, 1.807) is 12.1 Å². The van der Waals surface area contributed by atoms with Crippen molar-refractivity contribution in [3.63, 3.8) is 0 Å². The molecule has 0 unspecified atom stereocenters. The van der Waals surface area contributed by atoms with Crippen LogP contribution in [0.15, 0.2) is 48.7 Å². The quantitative estimate of drug-likeness (QED) is 0.249. The Morgan fingerprint density at radius 1 is 1.28 bits per heavy atom. The highest BCUT2D eigenvalue weighted by molar-refractivity contribution is 5.97. The van der Waals surface area contributed by atoms with Crippen molar-refractivity contribution in [3.05, 3.63) is 71.1 Å². The second-order valence-corrected chi connectivity index (χ2v) is 7.46. The van der Waals surface area contributed by atoms with E-state index in [0.29, 0.717) is 29.8 Å². The third-order valence-electron chi connectivity index (χ3n) is 5.06. The van der Waals surface area contributed by atoms with Crippen LogP contribution in [0.2, 0.25) is 0 Å². The predicted octanol–water partition coefficient (Wildman–Crippen LogP) is 6.28. The molecule has 1 heterocycles. The number of halogens is 2. The van der Waals surface area contributed by atoms with E-state index in [-0.39, 0.29) is 17.2 Å². The van der Waals surface area contributed by atoms with Gasteiger partial charge in [-0.05, 0) is 42.2 Å². The molecule has 3 rings (SSSR count). The number of aryl methyl sites for hydroxylation is 1. The summed E-state index contributed by atoms with van der Waals surface area (Å²) in [6.07, 6.45) is -0.442. The lowest BCUT2D eigenvalue weighted by Gasteiger charge is -2.16. The molecule has 3 aromatic rings. The number of fused-ring (bicyclic) bond motifs is 1. The number of aliphatic hydroxyl groups excluding tert-OH is 1. The number of aliphatic hydroxyl groups is 1. The molecule has 152 valence electrons. The molecule has 0 bridgehead atoms. The summed E-state index contributed by atoms with van der Waals surface area (Å²) in [5, 5.41) is 18.2. The predicted molar refractivity (Wildman–Crippen MR) is 115 cm³/mol. The molecule has 6 heteroatoms. The maximum absolute atomic E-state index is 13.3. The van der Waals surface area contributed by atoms with Crippen molar-refractivity contribution in [1.29, 1.82) is 5.41 Å². The van der Waals surface area contributed by atoms with Gasteiger partial charge in [-0.3, -0.25) is 0 Å². The maximum atomic E-state index is 13.3. The van der Waals surface area contributed by atoms with Crippen molar-refractivity contribution in [3.8, 4) is 5.69 Å². The number of allylic oxidation sites excluding steroid dienone is 1. The van der Waals surface area contributed by atoms with Crippen LogP contribution in [0, 0.1) is 5.41 Å². The minimum Gasteiger partial charge on any atom is -0.513 e. The Morgan fingerprint density at radius 3 is 2.59 bits per heavy atom. The van der Waals surface area contributed by atoms with Gasteiger partial charge in [-0.25, -0.2) is 8.78 Å². The van der Waals surface area contributed by atoms with E-state index in [2.05, 4.69) is 6.58 Å². The van der Waals surface area contributed by atoms with Gasteiger partial charge in [0.05, 0.1) is 11.3 Å². The van der Waals surface area contributed by atoms with Crippen molar-refractivity contribution in [2.24, 2.45) is 0 Å². The van der Waals surface area contributed by atoms with Gasteiger partial charge in [0.1, 0.15) is 0 Å². The lowest BCUT2D eigenvalue weighted by molar-refractivity contribution is 0.151. The number of hydrogen-bond donors (Lipinski definition) is 3. The minimum atomic E-state index is -2.57. The molecule has 0 aliphatic heterocycles. The van der Waals surface area contributed by atoms with Crippen molar-refractivity contribution in [1.82, 2.24) is 4.57 Å². The fourth-order valence-electron chi connectivity index (χ4n) is 3.79. The van der Waals surface area contributed by atoms with E-state index >= 15 is 0 Å². The third-order valence-corrected chi connectivity index (χ3v) is 5.06. The van der Waals surface area contributed by atoms with Crippen LogP contribution in [-0.4, -0.2) is 15.9 Å². The van der Waals surface area contributed by atoms with E-state index in [1.807, 2.05) is 30.5 Å². The molecule has 4 N–H and O–H groups in total. The lowest BCUT2D eigenvalue weighted by atomic mass is 9.98. The molecular formula is C23H25F2N3O. The van der Waals surface area contributed by atoms with Crippen LogP contribution in [0.25, 0.3) is 16.6 Å². The van der Waals surface area contributed by atoms with Crippen LogP contribution < -0.4 is 5.73 Å². The van der Waals surface area contributed by atoms with Crippen LogP contribution in [-0.2, 0) is 6.42 Å². The molecule has 0 saturated heterocycles. The summed E-state index contributed by atoms with van der Waals surface area (Å²) in [7, 11) is 0. The SMILES string of the molecule is C=C(O)CCc1c(C(C)C)n(-c2cccc(C(F)F)c2)c2cc(C=N)c(N)cc12. The van der Waals surface area contributed by atoms with Gasteiger partial charge < -0.3 is 20.8 Å². The van der Waals surface area contributed by atoms with Gasteiger partial charge in [0.2, 0.25) is 0 Å². The number of aromatic nitrogens is 1. The van der Waals surface area contributed by atoms with Crippen LogP contribution in [0.4, 0.5) is 14.5 Å². The number of anilines is 1. The molecule has 1 aromatic heterocycles. The highest BCUT2D eigenvalue weighted by atomic mass is 19.3. The molecule has 0 aliphatic rings. The summed E-state index contributed by atoms with van der Waals surface area (Å²) in [6.45, 7) is 7.66. The fraction of sp³-hybridized carbons (Fsp3) is 0.261. The molecular weight excluding hydrogens is 372 g/mol. The second-order valence-electron chi connectivity index (χ2n) is 7.46. The average Bonchev–Trinajstić information content (AvgIpc) is 2.99. The van der Waals surface area contributed by atoms with E-state index in [1.165, 1.54) is 18.3 Å². The normalized spacial score (nSPS) is 11.5. The Kier molecular flexibility index (Phi) is 5.73. The molecule has 2 aromatic carbocycles. The Morgan fingerprint density at radius 2 is 2.00 bits per heavy atom. The fourth-order valence-corrected chi connectivity index (χ4v) is 3.79. The number of benzene rings is 2. The number of nitrogens with one attached hydrogen (secondary N) is 1. The number of nitrogen functional groups attached to an aromatic ring is 1. The minimum absolute atomic E-state index is 0.0490. The Bertz CT molecular complexity index is 1080. The summed E-state index contributed by atoms with van der Waals surface area (Å²) < 4.78 is 28.6. The highest BCUT2D eigenvalue weighted by Crippen LogP contribution is 2.37. The van der Waals surface area contributed by atoms with Gasteiger partial charge in [-0.1, -0.05) is 32.6 Å². The average molecular weight is 397 g/mol. The smallest absolute Gasteiger partial charge is 0.263 e. The summed E-state index contributed by atoms with van der Waals surface area (Å²) in [4.78, 5) is 0. The first-order valence-corrected chi connectivity index (χ1v) is 9.47. The van der Waals surface area contributed by atoms with Gasteiger partial charge in [0, 0.05) is 46.2 Å². The van der Waals surface area contributed by atoms with Crippen molar-refractivity contribution in [2.75, 3.05) is 5.73 Å². The first kappa shape index (κ1) is 20.6. The van der Waals surface area contributed by atoms with Gasteiger partial charge >= 0.3 is 0 Å². The summed E-state index contributed by atoms with van der Waals surface area (Å²) in [5.74, 6) is 0.175. The van der Waals surface area contributed by atoms with E-state index in [9.17, 15) is 13.9 Å². The van der Waals surface area contributed by atoms with Gasteiger partial charge in [-0.2, -0.15) is 0 Å². The largest absolute Gasteiger partial charge is 0.513 e. The molecule has 0 aliphatic carbocycles. The molecule has 0 spiro atoms. The van der Waals surface area contributed by atoms with E-state index in [0.717, 1.165) is 22.2 Å². The van der Waals surface area contributed by atoms with E-state index in [4.69, 9.17) is 11.1 Å². The molecule has 4 nitrogen and oxygen atoms in total. The van der Waals surface area contributed by atoms with Crippen LogP contribution in [0.1, 0.15) is 55.0 Å². The number of hydrogen-bond acceptors (Lipinski definition) is 3. The van der Waals surface area contributed by atoms with Crippen LogP contribution >= 0.6 is 0 Å². The second kappa shape index (κ2) is 8.07. The summed E-state index contributed by atoms with van der Waals surface area (Å²) >= 11 is 0. The van der Waals surface area contributed by atoms with Crippen molar-refractivity contribution < 1.29 is 13.9 Å². The Labute approximate surface area is 168 Å². The molecule has 0 amide bonds. The number of alkyl halides is 2. The van der Waals surface area contributed by atoms with Gasteiger partial charge in [0.15, 0.2) is 0 Å². The zero-order valence-corrected chi connectivity index (χ0v) is 16.5. The zero-order valence-electron chi connectivity index (χ0n) is 16.5. The topological polar surface area (TPSA) is 75.0 Å². The van der Waals surface area contributed by atoms with Crippen LogP contribution in [0.3, 0.4) is 0 Å².